The van der Waals surface area contributed by atoms with Crippen molar-refractivity contribution in [3.63, 3.8) is 0 Å². The van der Waals surface area contributed by atoms with Gasteiger partial charge in [-0.1, -0.05) is 6.07 Å². The van der Waals surface area contributed by atoms with Crippen molar-refractivity contribution in [2.24, 2.45) is 5.10 Å². The van der Waals surface area contributed by atoms with Crippen molar-refractivity contribution in [2.75, 3.05) is 6.26 Å². The van der Waals surface area contributed by atoms with Crippen molar-refractivity contribution < 1.29 is 12.8 Å². The third kappa shape index (κ3) is 4.06. The zero-order valence-electron chi connectivity index (χ0n) is 15.7. The molecule has 1 N–H and O–H groups in total. The molecule has 0 atom stereocenters. The Morgan fingerprint density at radius 3 is 2.86 bits per heavy atom. The monoisotopic (exact) mass is 412 g/mol. The van der Waals surface area contributed by atoms with Crippen LogP contribution in [0.3, 0.4) is 0 Å². The number of hydrazone groups is 1. The lowest BCUT2D eigenvalue weighted by Crippen LogP contribution is -2.18. The fourth-order valence-electron chi connectivity index (χ4n) is 2.92. The molecule has 0 aliphatic carbocycles. The zero-order chi connectivity index (χ0) is 20.6. The van der Waals surface area contributed by atoms with E-state index in [9.17, 15) is 12.8 Å². The molecule has 0 saturated heterocycles. The Kier molecular flexibility index (Phi) is 4.71. The maximum absolute atomic E-state index is 14.6. The van der Waals surface area contributed by atoms with Crippen LogP contribution >= 0.6 is 0 Å². The molecule has 29 heavy (non-hydrogen) atoms. The van der Waals surface area contributed by atoms with E-state index in [1.54, 1.807) is 48.1 Å². The van der Waals surface area contributed by atoms with Crippen molar-refractivity contribution >= 4 is 32.3 Å². The Bertz CT molecular complexity index is 1360. The lowest BCUT2D eigenvalue weighted by molar-refractivity contribution is 0.590. The molecule has 148 valence electrons. The number of nitrogens with one attached hydrogen (secondary N) is 1. The molecular weight excluding hydrogens is 395 g/mol. The van der Waals surface area contributed by atoms with Gasteiger partial charge in [0, 0.05) is 24.1 Å². The van der Waals surface area contributed by atoms with E-state index >= 15 is 0 Å². The van der Waals surface area contributed by atoms with Crippen LogP contribution in [0.5, 0.6) is 0 Å². The van der Waals surface area contributed by atoms with Gasteiger partial charge in [0.1, 0.15) is 11.5 Å². The molecule has 0 radical (unpaired) electrons. The normalized spacial score (nSPS) is 12.6. The van der Waals surface area contributed by atoms with Gasteiger partial charge in [0.25, 0.3) is 0 Å². The molecular formula is C19H17FN6O2S. The van der Waals surface area contributed by atoms with E-state index in [0.29, 0.717) is 33.8 Å². The standard InChI is InChI=1S/C19H17FN6O2S/c1-12(23-25-29(2,27)28)17-5-6-19-22-11-15(26(19)24-17)9-14-8-13-4-3-7-21-18(13)10-16(14)20/h3-8,10-11,25H,9H2,1-2H3/b23-12+. The average molecular weight is 412 g/mol. The van der Waals surface area contributed by atoms with Crippen LogP contribution in [0.2, 0.25) is 0 Å². The first-order chi connectivity index (χ1) is 13.8. The van der Waals surface area contributed by atoms with E-state index in [4.69, 9.17) is 0 Å². The van der Waals surface area contributed by atoms with E-state index < -0.39 is 10.0 Å². The molecule has 4 aromatic rings. The van der Waals surface area contributed by atoms with Crippen LogP contribution in [-0.4, -0.2) is 40.0 Å². The molecule has 1 aromatic carbocycles. The molecule has 0 aliphatic rings. The molecule has 0 saturated carbocycles. The van der Waals surface area contributed by atoms with Gasteiger partial charge in [-0.25, -0.2) is 27.1 Å². The topological polar surface area (TPSA) is 102 Å². The molecule has 0 aliphatic heterocycles. The third-order valence-corrected chi connectivity index (χ3v) is 4.75. The number of fused-ring (bicyclic) bond motifs is 2. The summed E-state index contributed by atoms with van der Waals surface area (Å²) in [5.41, 5.74) is 3.24. The SMILES string of the molecule is C/C(=N\NS(C)(=O)=O)c1ccc2ncc(Cc3cc4cccnc4cc3F)n2n1. The minimum atomic E-state index is -3.46. The third-order valence-electron chi connectivity index (χ3n) is 4.33. The van der Waals surface area contributed by atoms with Crippen molar-refractivity contribution in [1.29, 1.82) is 0 Å². The lowest BCUT2D eigenvalue weighted by atomic mass is 10.1. The second-order valence-electron chi connectivity index (χ2n) is 6.62. The summed E-state index contributed by atoms with van der Waals surface area (Å²) in [5.74, 6) is -0.350. The Hall–Kier alpha value is -3.40. The summed E-state index contributed by atoms with van der Waals surface area (Å²) >= 11 is 0. The van der Waals surface area contributed by atoms with Crippen LogP contribution < -0.4 is 4.83 Å². The molecule has 0 fully saturated rings. The van der Waals surface area contributed by atoms with Crippen LogP contribution in [0.25, 0.3) is 16.6 Å². The second-order valence-corrected chi connectivity index (χ2v) is 8.34. The summed E-state index contributed by atoms with van der Waals surface area (Å²) < 4.78 is 38.6. The van der Waals surface area contributed by atoms with Crippen molar-refractivity contribution in [1.82, 2.24) is 24.4 Å². The van der Waals surface area contributed by atoms with E-state index in [2.05, 4.69) is 25.0 Å². The predicted octanol–water partition coefficient (Wildman–Crippen LogP) is 2.28. The molecule has 0 unspecified atom stereocenters. The molecule has 0 amide bonds. The zero-order valence-corrected chi connectivity index (χ0v) is 16.5. The first kappa shape index (κ1) is 18.9. The minimum absolute atomic E-state index is 0.284. The predicted molar refractivity (Wildman–Crippen MR) is 108 cm³/mol. The van der Waals surface area contributed by atoms with Crippen LogP contribution in [0, 0.1) is 5.82 Å². The largest absolute Gasteiger partial charge is 0.256 e. The van der Waals surface area contributed by atoms with Crippen LogP contribution in [0.15, 0.2) is 53.9 Å². The highest BCUT2D eigenvalue weighted by atomic mass is 32.2. The summed E-state index contributed by atoms with van der Waals surface area (Å²) in [5, 5.41) is 9.16. The van der Waals surface area contributed by atoms with Crippen LogP contribution in [0.4, 0.5) is 4.39 Å². The Morgan fingerprint density at radius 1 is 1.24 bits per heavy atom. The molecule has 4 rings (SSSR count). The number of aromatic nitrogens is 4. The van der Waals surface area contributed by atoms with Gasteiger partial charge in [0.2, 0.25) is 10.0 Å². The molecule has 8 nitrogen and oxygen atoms in total. The Morgan fingerprint density at radius 2 is 2.07 bits per heavy atom. The highest BCUT2D eigenvalue weighted by molar-refractivity contribution is 7.88. The van der Waals surface area contributed by atoms with Crippen LogP contribution in [0.1, 0.15) is 23.9 Å². The number of pyridine rings is 1. The number of nitrogens with zero attached hydrogens (tertiary/aromatic N) is 5. The first-order valence-corrected chi connectivity index (χ1v) is 10.6. The van der Waals surface area contributed by atoms with Gasteiger partial charge in [-0.05, 0) is 36.8 Å². The Labute approximate surface area is 166 Å². The number of hydrogen-bond donors (Lipinski definition) is 1. The molecule has 3 heterocycles. The highest BCUT2D eigenvalue weighted by Crippen LogP contribution is 2.20. The smallest absolute Gasteiger partial charge is 0.244 e. The van der Waals surface area contributed by atoms with Gasteiger partial charge < -0.3 is 0 Å². The average Bonchev–Trinajstić information content (AvgIpc) is 3.08. The number of hydrogen-bond acceptors (Lipinski definition) is 6. The van der Waals surface area contributed by atoms with E-state index in [-0.39, 0.29) is 12.2 Å². The van der Waals surface area contributed by atoms with Gasteiger partial charge in [-0.2, -0.15) is 10.2 Å². The summed E-state index contributed by atoms with van der Waals surface area (Å²) in [6.45, 7) is 1.64. The summed E-state index contributed by atoms with van der Waals surface area (Å²) in [6, 6.07) is 10.3. The number of imidazole rings is 1. The first-order valence-electron chi connectivity index (χ1n) is 8.68. The number of rotatable bonds is 5. The second kappa shape index (κ2) is 7.21. The van der Waals surface area contributed by atoms with Gasteiger partial charge >= 0.3 is 0 Å². The molecule has 0 bridgehead atoms. The fourth-order valence-corrected chi connectivity index (χ4v) is 3.22. The summed E-state index contributed by atoms with van der Waals surface area (Å²) in [4.78, 5) is 10.6. The van der Waals surface area contributed by atoms with Crippen molar-refractivity contribution in [3.8, 4) is 0 Å². The van der Waals surface area contributed by atoms with Gasteiger partial charge in [0.05, 0.1) is 29.4 Å². The lowest BCUT2D eigenvalue weighted by Gasteiger charge is -2.07. The fraction of sp³-hybridized carbons (Fsp3) is 0.158. The van der Waals surface area contributed by atoms with Gasteiger partial charge in [-0.3, -0.25) is 4.98 Å². The Balaban J connectivity index is 1.71. The molecule has 0 spiro atoms. The van der Waals surface area contributed by atoms with E-state index in [0.717, 1.165) is 11.6 Å². The van der Waals surface area contributed by atoms with Crippen LogP contribution in [-0.2, 0) is 16.4 Å². The van der Waals surface area contributed by atoms with Gasteiger partial charge in [-0.15, -0.1) is 0 Å². The van der Waals surface area contributed by atoms with Gasteiger partial charge in [0.15, 0.2) is 5.65 Å². The van der Waals surface area contributed by atoms with Crippen molar-refractivity contribution in [2.45, 2.75) is 13.3 Å². The number of benzene rings is 1. The van der Waals surface area contributed by atoms with Crippen molar-refractivity contribution in [3.05, 3.63) is 71.6 Å². The maximum atomic E-state index is 14.6. The summed E-state index contributed by atoms with van der Waals surface area (Å²) in [7, 11) is -3.46. The minimum Gasteiger partial charge on any atom is -0.256 e. The molecule has 10 heteroatoms. The highest BCUT2D eigenvalue weighted by Gasteiger charge is 2.12. The van der Waals surface area contributed by atoms with E-state index in [1.165, 1.54) is 6.07 Å². The number of halogens is 1. The molecule has 3 aromatic heterocycles. The quantitative estimate of drug-likeness (QED) is 0.400. The summed E-state index contributed by atoms with van der Waals surface area (Å²) in [6.07, 6.45) is 4.56. The maximum Gasteiger partial charge on any atom is 0.244 e. The number of sulfonamides is 1. The van der Waals surface area contributed by atoms with E-state index in [1.807, 2.05) is 6.07 Å².